The molecule has 0 spiro atoms. The molecule has 0 radical (unpaired) electrons. The fraction of sp³-hybridized carbons (Fsp3) is 0.882. The molecule has 1 unspecified atom stereocenters. The Labute approximate surface area is 168 Å². The molecule has 25 heavy (non-hydrogen) atoms. The number of ether oxygens (including phenoxy) is 2. The number of piperidine rings is 1. The molecule has 2 aliphatic rings. The van der Waals surface area contributed by atoms with Crippen LogP contribution in [0.15, 0.2) is 4.99 Å². The number of nitrogens with zero attached hydrogens (tertiary/aromatic N) is 2. The first-order valence-electron chi connectivity index (χ1n) is 8.74. The molecule has 8 heteroatoms. The molecule has 0 aromatic carbocycles. The molecule has 2 saturated heterocycles. The third-order valence-electron chi connectivity index (χ3n) is 4.22. The van der Waals surface area contributed by atoms with Crippen molar-refractivity contribution in [2.75, 3.05) is 39.9 Å². The van der Waals surface area contributed by atoms with E-state index in [0.29, 0.717) is 6.54 Å². The first kappa shape index (κ1) is 22.3. The first-order chi connectivity index (χ1) is 11.2. The zero-order chi connectivity index (χ0) is 17.8. The van der Waals surface area contributed by atoms with Crippen molar-refractivity contribution in [3.8, 4) is 0 Å². The third kappa shape index (κ3) is 7.16. The first-order valence-corrected chi connectivity index (χ1v) is 8.74. The van der Waals surface area contributed by atoms with Crippen molar-refractivity contribution >= 4 is 36.0 Å². The SMILES string of the molecule is CN=C(NCC1(C)COC1)NC1CCCN(C(=O)OC(C)(C)C)C1.I. The highest BCUT2D eigenvalue weighted by Crippen LogP contribution is 2.25. The van der Waals surface area contributed by atoms with Gasteiger partial charge in [-0.05, 0) is 33.6 Å². The average molecular weight is 468 g/mol. The summed E-state index contributed by atoms with van der Waals surface area (Å²) in [6.45, 7) is 11.6. The predicted octanol–water partition coefficient (Wildman–Crippen LogP) is 2.21. The predicted molar refractivity (Wildman–Crippen MR) is 110 cm³/mol. The maximum Gasteiger partial charge on any atom is 0.410 e. The quantitative estimate of drug-likeness (QED) is 0.378. The highest BCUT2D eigenvalue weighted by Gasteiger charge is 2.33. The molecule has 0 aromatic heterocycles. The van der Waals surface area contributed by atoms with Gasteiger partial charge in [-0.25, -0.2) is 4.79 Å². The van der Waals surface area contributed by atoms with Crippen molar-refractivity contribution in [2.24, 2.45) is 10.4 Å². The molecule has 0 bridgehead atoms. The number of hydrogen-bond donors (Lipinski definition) is 2. The number of aliphatic imine (C=N–C) groups is 1. The fourth-order valence-electron chi connectivity index (χ4n) is 2.82. The van der Waals surface area contributed by atoms with Crippen LogP contribution in [0.5, 0.6) is 0 Å². The van der Waals surface area contributed by atoms with Crippen LogP contribution in [-0.4, -0.2) is 68.5 Å². The van der Waals surface area contributed by atoms with E-state index >= 15 is 0 Å². The Morgan fingerprint density at radius 3 is 2.60 bits per heavy atom. The number of nitrogens with one attached hydrogen (secondary N) is 2. The van der Waals surface area contributed by atoms with Crippen LogP contribution in [0, 0.1) is 5.41 Å². The Bertz CT molecular complexity index is 475. The van der Waals surface area contributed by atoms with Crippen LogP contribution in [-0.2, 0) is 9.47 Å². The maximum atomic E-state index is 12.2. The van der Waals surface area contributed by atoms with Crippen molar-refractivity contribution in [3.05, 3.63) is 0 Å². The lowest BCUT2D eigenvalue weighted by Gasteiger charge is -2.39. The van der Waals surface area contributed by atoms with Crippen molar-refractivity contribution in [1.29, 1.82) is 0 Å². The molecule has 0 aliphatic carbocycles. The molecule has 1 atom stereocenters. The lowest BCUT2D eigenvalue weighted by Crippen LogP contribution is -2.55. The van der Waals surface area contributed by atoms with Gasteiger partial charge >= 0.3 is 6.09 Å². The van der Waals surface area contributed by atoms with Gasteiger partial charge in [0.05, 0.1) is 13.2 Å². The van der Waals surface area contributed by atoms with Gasteiger partial charge in [0.1, 0.15) is 5.60 Å². The molecular formula is C17H33IN4O3. The zero-order valence-corrected chi connectivity index (χ0v) is 18.4. The minimum Gasteiger partial charge on any atom is -0.444 e. The minimum atomic E-state index is -0.463. The van der Waals surface area contributed by atoms with E-state index in [0.717, 1.165) is 45.1 Å². The molecule has 2 fully saturated rings. The third-order valence-corrected chi connectivity index (χ3v) is 4.22. The van der Waals surface area contributed by atoms with Crippen molar-refractivity contribution in [2.45, 2.75) is 52.2 Å². The number of carbonyl (C=O) groups excluding carboxylic acids is 1. The Hall–Kier alpha value is -0.770. The van der Waals surface area contributed by atoms with Gasteiger partial charge in [-0.2, -0.15) is 0 Å². The van der Waals surface area contributed by atoms with E-state index in [-0.39, 0.29) is 41.5 Å². The van der Waals surface area contributed by atoms with Crippen molar-refractivity contribution in [1.82, 2.24) is 15.5 Å². The van der Waals surface area contributed by atoms with Crippen LogP contribution in [0.1, 0.15) is 40.5 Å². The van der Waals surface area contributed by atoms with Gasteiger partial charge in [0.15, 0.2) is 5.96 Å². The summed E-state index contributed by atoms with van der Waals surface area (Å²) in [5, 5.41) is 6.79. The van der Waals surface area contributed by atoms with Crippen LogP contribution in [0.2, 0.25) is 0 Å². The Balaban J connectivity index is 0.00000312. The van der Waals surface area contributed by atoms with E-state index in [2.05, 4.69) is 22.5 Å². The molecule has 0 aromatic rings. The van der Waals surface area contributed by atoms with Crippen LogP contribution >= 0.6 is 24.0 Å². The van der Waals surface area contributed by atoms with Gasteiger partial charge in [-0.1, -0.05) is 6.92 Å². The summed E-state index contributed by atoms with van der Waals surface area (Å²) in [4.78, 5) is 18.3. The molecule has 146 valence electrons. The second kappa shape index (κ2) is 9.25. The summed E-state index contributed by atoms with van der Waals surface area (Å²) in [6.07, 6.45) is 1.73. The number of halogens is 1. The molecule has 0 saturated carbocycles. The van der Waals surface area contributed by atoms with E-state index in [1.54, 1.807) is 11.9 Å². The Morgan fingerprint density at radius 2 is 2.08 bits per heavy atom. The summed E-state index contributed by atoms with van der Waals surface area (Å²) in [7, 11) is 1.77. The minimum absolute atomic E-state index is 0. The molecule has 2 aliphatic heterocycles. The van der Waals surface area contributed by atoms with Crippen LogP contribution in [0.4, 0.5) is 4.79 Å². The maximum absolute atomic E-state index is 12.2. The highest BCUT2D eigenvalue weighted by molar-refractivity contribution is 14.0. The second-order valence-electron chi connectivity index (χ2n) is 8.14. The van der Waals surface area contributed by atoms with E-state index in [9.17, 15) is 4.79 Å². The molecule has 1 amide bonds. The lowest BCUT2D eigenvalue weighted by atomic mass is 9.89. The van der Waals surface area contributed by atoms with E-state index in [4.69, 9.17) is 9.47 Å². The number of hydrogen-bond acceptors (Lipinski definition) is 4. The molecule has 2 N–H and O–H groups in total. The number of carbonyl (C=O) groups is 1. The normalized spacial score (nSPS) is 23.2. The molecular weight excluding hydrogens is 435 g/mol. The summed E-state index contributed by atoms with van der Waals surface area (Å²) >= 11 is 0. The topological polar surface area (TPSA) is 75.2 Å². The van der Waals surface area contributed by atoms with Crippen LogP contribution in [0.25, 0.3) is 0 Å². The summed E-state index contributed by atoms with van der Waals surface area (Å²) in [5.41, 5.74) is -0.276. The number of rotatable bonds is 3. The van der Waals surface area contributed by atoms with Gasteiger partial charge in [-0.3, -0.25) is 4.99 Å². The zero-order valence-electron chi connectivity index (χ0n) is 16.1. The standard InChI is InChI=1S/C17H32N4O3.HI/c1-16(2,3)24-15(22)21-8-6-7-13(9-21)20-14(18-5)19-10-17(4)11-23-12-17;/h13H,6-12H2,1-5H3,(H2,18,19,20);1H. The number of amides is 1. The van der Waals surface area contributed by atoms with Gasteiger partial charge in [0.2, 0.25) is 0 Å². The van der Waals surface area contributed by atoms with Crippen LogP contribution in [0.3, 0.4) is 0 Å². The molecule has 2 rings (SSSR count). The summed E-state index contributed by atoms with van der Waals surface area (Å²) < 4.78 is 10.7. The monoisotopic (exact) mass is 468 g/mol. The summed E-state index contributed by atoms with van der Waals surface area (Å²) in [5.74, 6) is 0.777. The number of guanidine groups is 1. The largest absolute Gasteiger partial charge is 0.444 e. The van der Waals surface area contributed by atoms with Gasteiger partial charge < -0.3 is 25.0 Å². The van der Waals surface area contributed by atoms with Crippen molar-refractivity contribution < 1.29 is 14.3 Å². The summed E-state index contributed by atoms with van der Waals surface area (Å²) in [6, 6.07) is 0.183. The van der Waals surface area contributed by atoms with Gasteiger partial charge in [0, 0.05) is 38.1 Å². The van der Waals surface area contributed by atoms with Gasteiger partial charge in [0.25, 0.3) is 0 Å². The Kier molecular flexibility index (Phi) is 8.24. The van der Waals surface area contributed by atoms with Gasteiger partial charge in [-0.15, -0.1) is 24.0 Å². The van der Waals surface area contributed by atoms with E-state index < -0.39 is 5.60 Å². The average Bonchev–Trinajstić information content (AvgIpc) is 2.48. The van der Waals surface area contributed by atoms with Crippen molar-refractivity contribution in [3.63, 3.8) is 0 Å². The van der Waals surface area contributed by atoms with E-state index in [1.165, 1.54) is 0 Å². The Morgan fingerprint density at radius 1 is 1.40 bits per heavy atom. The smallest absolute Gasteiger partial charge is 0.410 e. The van der Waals surface area contributed by atoms with Crippen LogP contribution < -0.4 is 10.6 Å². The highest BCUT2D eigenvalue weighted by atomic mass is 127. The lowest BCUT2D eigenvalue weighted by molar-refractivity contribution is -0.0971. The fourth-order valence-corrected chi connectivity index (χ4v) is 2.82. The molecule has 2 heterocycles. The van der Waals surface area contributed by atoms with E-state index in [1.807, 2.05) is 20.8 Å². The second-order valence-corrected chi connectivity index (χ2v) is 8.14. The number of likely N-dealkylation sites (tertiary alicyclic amines) is 1. The molecule has 7 nitrogen and oxygen atoms in total.